The van der Waals surface area contributed by atoms with E-state index in [-0.39, 0.29) is 29.1 Å². The predicted octanol–water partition coefficient (Wildman–Crippen LogP) is 3.65. The molecular formula is C16H18FN5O2. The Hall–Kier alpha value is -2.77. The summed E-state index contributed by atoms with van der Waals surface area (Å²) in [4.78, 5) is 21.1. The summed E-state index contributed by atoms with van der Waals surface area (Å²) in [5.41, 5.74) is -0.0913. The first-order valence-corrected chi connectivity index (χ1v) is 7.85. The van der Waals surface area contributed by atoms with Gasteiger partial charge in [0, 0.05) is 12.6 Å². The molecule has 1 aliphatic heterocycles. The largest absolute Gasteiger partial charge is 0.353 e. The molecule has 0 spiro atoms. The van der Waals surface area contributed by atoms with E-state index in [2.05, 4.69) is 15.3 Å². The quantitative estimate of drug-likeness (QED) is 0.680. The van der Waals surface area contributed by atoms with Gasteiger partial charge < -0.3 is 10.2 Å². The average molecular weight is 331 g/mol. The topological polar surface area (TPSA) is 84.2 Å². The lowest BCUT2D eigenvalue weighted by atomic mass is 10.0. The highest BCUT2D eigenvalue weighted by Gasteiger charge is 2.31. The summed E-state index contributed by atoms with van der Waals surface area (Å²) >= 11 is 0. The van der Waals surface area contributed by atoms with Gasteiger partial charge in [-0.3, -0.25) is 10.1 Å². The Morgan fingerprint density at radius 3 is 2.83 bits per heavy atom. The van der Waals surface area contributed by atoms with Crippen molar-refractivity contribution in [2.75, 3.05) is 16.8 Å². The Morgan fingerprint density at radius 1 is 1.33 bits per heavy atom. The summed E-state index contributed by atoms with van der Waals surface area (Å²) < 4.78 is 13.8. The first-order chi connectivity index (χ1) is 11.6. The molecule has 3 rings (SSSR count). The van der Waals surface area contributed by atoms with Gasteiger partial charge in [-0.2, -0.15) is 0 Å². The monoisotopic (exact) mass is 331 g/mol. The summed E-state index contributed by atoms with van der Waals surface area (Å²) in [5.74, 6) is -0.229. The van der Waals surface area contributed by atoms with Crippen LogP contribution < -0.4 is 10.2 Å². The van der Waals surface area contributed by atoms with E-state index in [0.717, 1.165) is 19.3 Å². The van der Waals surface area contributed by atoms with Gasteiger partial charge >= 0.3 is 5.69 Å². The molecule has 1 aromatic carbocycles. The second kappa shape index (κ2) is 6.77. The molecule has 1 unspecified atom stereocenters. The lowest BCUT2D eigenvalue weighted by Crippen LogP contribution is -2.38. The molecule has 1 aliphatic rings. The van der Waals surface area contributed by atoms with Gasteiger partial charge in [-0.15, -0.1) is 0 Å². The van der Waals surface area contributed by atoms with Crippen molar-refractivity contribution >= 4 is 23.0 Å². The number of benzene rings is 1. The van der Waals surface area contributed by atoms with E-state index in [1.165, 1.54) is 18.5 Å². The van der Waals surface area contributed by atoms with Gasteiger partial charge in [-0.05, 0) is 38.3 Å². The number of piperidine rings is 1. The highest BCUT2D eigenvalue weighted by molar-refractivity contribution is 5.74. The third kappa shape index (κ3) is 3.12. The van der Waals surface area contributed by atoms with E-state index in [0.29, 0.717) is 6.54 Å². The van der Waals surface area contributed by atoms with Crippen molar-refractivity contribution in [1.29, 1.82) is 0 Å². The maximum absolute atomic E-state index is 13.8. The van der Waals surface area contributed by atoms with Gasteiger partial charge in [0.15, 0.2) is 0 Å². The van der Waals surface area contributed by atoms with Gasteiger partial charge in [0.1, 0.15) is 12.1 Å². The molecule has 1 N–H and O–H groups in total. The maximum Gasteiger partial charge on any atom is 0.353 e. The Labute approximate surface area is 138 Å². The van der Waals surface area contributed by atoms with Crippen LogP contribution in [0.2, 0.25) is 0 Å². The Morgan fingerprint density at radius 2 is 2.12 bits per heavy atom. The Balaban J connectivity index is 2.02. The number of rotatable bonds is 4. The van der Waals surface area contributed by atoms with Crippen LogP contribution in [0.4, 0.5) is 27.4 Å². The lowest BCUT2D eigenvalue weighted by Gasteiger charge is -2.33. The molecule has 0 bridgehead atoms. The standard InChI is InChI=1S/C16H18FN5O2/c1-11-6-4-5-9-21(11)16-14(22(23)24)15(18-10-19-16)20-13-8-3-2-7-12(13)17/h2-3,7-8,10-11H,4-6,9H2,1H3,(H,18,19,20). The second-order valence-corrected chi connectivity index (χ2v) is 5.79. The van der Waals surface area contributed by atoms with Crippen LogP contribution in [0.1, 0.15) is 26.2 Å². The second-order valence-electron chi connectivity index (χ2n) is 5.79. The highest BCUT2D eigenvalue weighted by Crippen LogP contribution is 2.36. The normalized spacial score (nSPS) is 17.6. The molecule has 1 fully saturated rings. The van der Waals surface area contributed by atoms with Crippen molar-refractivity contribution in [2.24, 2.45) is 0 Å². The van der Waals surface area contributed by atoms with E-state index in [9.17, 15) is 14.5 Å². The van der Waals surface area contributed by atoms with Gasteiger partial charge in [-0.25, -0.2) is 14.4 Å². The molecule has 8 heteroatoms. The molecule has 0 saturated carbocycles. The number of hydrogen-bond donors (Lipinski definition) is 1. The van der Waals surface area contributed by atoms with Crippen molar-refractivity contribution in [3.8, 4) is 0 Å². The Bertz CT molecular complexity index is 755. The predicted molar refractivity (Wildman–Crippen MR) is 89.0 cm³/mol. The summed E-state index contributed by atoms with van der Waals surface area (Å²) in [6, 6.07) is 6.14. The van der Waals surface area contributed by atoms with Crippen molar-refractivity contribution in [1.82, 2.24) is 9.97 Å². The first-order valence-electron chi connectivity index (χ1n) is 7.85. The van der Waals surface area contributed by atoms with Gasteiger partial charge in [0.05, 0.1) is 10.6 Å². The number of nitrogens with zero attached hydrogens (tertiary/aromatic N) is 4. The number of nitro groups is 1. The van der Waals surface area contributed by atoms with Crippen molar-refractivity contribution in [3.05, 3.63) is 46.5 Å². The van der Waals surface area contributed by atoms with Gasteiger partial charge in [0.25, 0.3) is 0 Å². The number of hydrogen-bond acceptors (Lipinski definition) is 6. The Kier molecular flexibility index (Phi) is 4.54. The molecule has 1 aromatic heterocycles. The summed E-state index contributed by atoms with van der Waals surface area (Å²) in [6.07, 6.45) is 4.28. The highest BCUT2D eigenvalue weighted by atomic mass is 19.1. The van der Waals surface area contributed by atoms with Crippen molar-refractivity contribution in [2.45, 2.75) is 32.2 Å². The number of halogens is 1. The zero-order chi connectivity index (χ0) is 17.1. The van der Waals surface area contributed by atoms with E-state index in [1.807, 2.05) is 11.8 Å². The van der Waals surface area contributed by atoms with Gasteiger partial charge in [-0.1, -0.05) is 12.1 Å². The molecule has 24 heavy (non-hydrogen) atoms. The molecule has 2 heterocycles. The SMILES string of the molecule is CC1CCCCN1c1ncnc(Nc2ccccc2F)c1[N+](=O)[O-]. The molecule has 1 atom stereocenters. The molecule has 2 aromatic rings. The third-order valence-electron chi connectivity index (χ3n) is 4.19. The zero-order valence-corrected chi connectivity index (χ0v) is 13.3. The van der Waals surface area contributed by atoms with Gasteiger partial charge in [0.2, 0.25) is 11.6 Å². The minimum Gasteiger partial charge on any atom is -0.348 e. The molecule has 0 aliphatic carbocycles. The first kappa shape index (κ1) is 16.1. The fourth-order valence-corrected chi connectivity index (χ4v) is 2.94. The molecule has 0 amide bonds. The van der Waals surface area contributed by atoms with Crippen molar-refractivity contribution in [3.63, 3.8) is 0 Å². The van der Waals surface area contributed by atoms with Crippen LogP contribution in [0.15, 0.2) is 30.6 Å². The molecular weight excluding hydrogens is 313 g/mol. The van der Waals surface area contributed by atoms with E-state index >= 15 is 0 Å². The molecule has 0 radical (unpaired) electrons. The summed E-state index contributed by atoms with van der Waals surface area (Å²) in [7, 11) is 0. The number of para-hydroxylation sites is 1. The number of anilines is 3. The fourth-order valence-electron chi connectivity index (χ4n) is 2.94. The van der Waals surface area contributed by atoms with E-state index in [1.54, 1.807) is 12.1 Å². The molecule has 1 saturated heterocycles. The van der Waals surface area contributed by atoms with Crippen LogP contribution in [-0.4, -0.2) is 27.5 Å². The van der Waals surface area contributed by atoms with Crippen molar-refractivity contribution < 1.29 is 9.31 Å². The fraction of sp³-hybridized carbons (Fsp3) is 0.375. The number of nitrogens with one attached hydrogen (secondary N) is 1. The van der Waals surface area contributed by atoms with E-state index in [4.69, 9.17) is 0 Å². The minimum atomic E-state index is -0.514. The molecule has 126 valence electrons. The van der Waals surface area contributed by atoms with Crippen LogP contribution in [0.3, 0.4) is 0 Å². The summed E-state index contributed by atoms with van der Waals surface area (Å²) in [5, 5.41) is 14.4. The maximum atomic E-state index is 13.8. The van der Waals surface area contributed by atoms with Crippen LogP contribution in [0, 0.1) is 15.9 Å². The van der Waals surface area contributed by atoms with Crippen LogP contribution in [0.25, 0.3) is 0 Å². The van der Waals surface area contributed by atoms with E-state index < -0.39 is 10.7 Å². The van der Waals surface area contributed by atoms with Crippen LogP contribution in [-0.2, 0) is 0 Å². The summed E-state index contributed by atoms with van der Waals surface area (Å²) in [6.45, 7) is 2.73. The van der Waals surface area contributed by atoms with Crippen LogP contribution >= 0.6 is 0 Å². The zero-order valence-electron chi connectivity index (χ0n) is 13.3. The lowest BCUT2D eigenvalue weighted by molar-refractivity contribution is -0.383. The smallest absolute Gasteiger partial charge is 0.348 e. The molecule has 7 nitrogen and oxygen atoms in total. The minimum absolute atomic E-state index is 0.00660. The average Bonchev–Trinajstić information content (AvgIpc) is 2.57. The third-order valence-corrected chi connectivity index (χ3v) is 4.19. The van der Waals surface area contributed by atoms with Crippen LogP contribution in [0.5, 0.6) is 0 Å². The number of aromatic nitrogens is 2.